The van der Waals surface area contributed by atoms with Crippen LogP contribution in [0.15, 0.2) is 60.9 Å². The van der Waals surface area contributed by atoms with Crippen LogP contribution in [0.25, 0.3) is 21.8 Å². The van der Waals surface area contributed by atoms with Gasteiger partial charge in [0.05, 0.1) is 0 Å². The summed E-state index contributed by atoms with van der Waals surface area (Å²) in [5.74, 6) is 0.312. The lowest BCUT2D eigenvalue weighted by Crippen LogP contribution is -1.93. The van der Waals surface area contributed by atoms with E-state index in [0.717, 1.165) is 21.9 Å². The number of aromatic nitrogens is 2. The molecule has 0 aliphatic heterocycles. The summed E-state index contributed by atoms with van der Waals surface area (Å²) in [6.07, 6.45) is 3.73. The lowest BCUT2D eigenvalue weighted by atomic mass is 10.00. The van der Waals surface area contributed by atoms with Crippen LogP contribution in [0.1, 0.15) is 11.1 Å². The van der Waals surface area contributed by atoms with Crippen molar-refractivity contribution in [2.45, 2.75) is 6.42 Å². The first-order chi connectivity index (χ1) is 11.2. The molecular formula is C19H14N2O2. The number of pyridine rings is 2. The van der Waals surface area contributed by atoms with E-state index in [0.29, 0.717) is 17.5 Å². The van der Waals surface area contributed by atoms with Crippen molar-refractivity contribution in [3.63, 3.8) is 0 Å². The molecule has 0 spiro atoms. The maximum atomic E-state index is 10.5. The van der Waals surface area contributed by atoms with E-state index in [1.54, 1.807) is 12.4 Å². The van der Waals surface area contributed by atoms with Gasteiger partial charge >= 0.3 is 0 Å². The van der Waals surface area contributed by atoms with Crippen LogP contribution in [-0.2, 0) is 6.42 Å². The van der Waals surface area contributed by atoms with E-state index in [2.05, 4.69) is 9.97 Å². The molecule has 0 fully saturated rings. The summed E-state index contributed by atoms with van der Waals surface area (Å²) >= 11 is 0. The highest BCUT2D eigenvalue weighted by Gasteiger charge is 2.12. The van der Waals surface area contributed by atoms with Crippen LogP contribution in [0.2, 0.25) is 0 Å². The van der Waals surface area contributed by atoms with E-state index in [9.17, 15) is 10.2 Å². The number of nitrogens with zero attached hydrogens (tertiary/aromatic N) is 2. The zero-order chi connectivity index (χ0) is 15.8. The SMILES string of the molecule is Oc1c(Cc2ccc3cccnc3c2O)ccc2cccnc12. The van der Waals surface area contributed by atoms with Crippen molar-refractivity contribution in [2.75, 3.05) is 0 Å². The summed E-state index contributed by atoms with van der Waals surface area (Å²) in [6.45, 7) is 0. The number of hydrogen-bond donors (Lipinski definition) is 2. The monoisotopic (exact) mass is 302 g/mol. The van der Waals surface area contributed by atoms with Gasteiger partial charge in [-0.3, -0.25) is 9.97 Å². The van der Waals surface area contributed by atoms with E-state index in [1.807, 2.05) is 48.5 Å². The van der Waals surface area contributed by atoms with Gasteiger partial charge in [0.15, 0.2) is 0 Å². The Bertz CT molecular complexity index is 945. The zero-order valence-corrected chi connectivity index (χ0v) is 12.3. The number of hydrogen-bond acceptors (Lipinski definition) is 4. The molecule has 0 radical (unpaired) electrons. The van der Waals surface area contributed by atoms with Gasteiger partial charge in [-0.1, -0.05) is 36.4 Å². The minimum absolute atomic E-state index is 0.156. The molecule has 4 heteroatoms. The van der Waals surface area contributed by atoms with Crippen LogP contribution in [0, 0.1) is 0 Å². The maximum Gasteiger partial charge on any atom is 0.145 e. The molecule has 4 aromatic rings. The highest BCUT2D eigenvalue weighted by atomic mass is 16.3. The molecule has 112 valence electrons. The molecule has 0 unspecified atom stereocenters. The van der Waals surface area contributed by atoms with Gasteiger partial charge in [0.1, 0.15) is 22.5 Å². The van der Waals surface area contributed by atoms with Crippen molar-refractivity contribution in [3.8, 4) is 11.5 Å². The molecule has 0 saturated heterocycles. The van der Waals surface area contributed by atoms with Crippen molar-refractivity contribution in [1.82, 2.24) is 9.97 Å². The predicted octanol–water partition coefficient (Wildman–Crippen LogP) is 3.79. The fourth-order valence-corrected chi connectivity index (χ4v) is 2.83. The molecule has 2 aromatic heterocycles. The molecule has 0 aliphatic rings. The largest absolute Gasteiger partial charge is 0.505 e. The summed E-state index contributed by atoms with van der Waals surface area (Å²) in [5.41, 5.74) is 2.59. The fourth-order valence-electron chi connectivity index (χ4n) is 2.83. The molecule has 0 amide bonds. The van der Waals surface area contributed by atoms with Gasteiger partial charge in [-0.25, -0.2) is 0 Å². The van der Waals surface area contributed by atoms with Crippen molar-refractivity contribution in [3.05, 3.63) is 72.1 Å². The van der Waals surface area contributed by atoms with E-state index in [-0.39, 0.29) is 11.5 Å². The standard InChI is InChI=1S/C19H14N2O2/c22-18-14(7-5-12-3-1-9-20-16(12)18)11-15-8-6-13-4-2-10-21-17(13)19(15)23/h1-10,22-23H,11H2. The highest BCUT2D eigenvalue weighted by molar-refractivity contribution is 5.87. The molecule has 0 bridgehead atoms. The molecular weight excluding hydrogens is 288 g/mol. The predicted molar refractivity (Wildman–Crippen MR) is 89.6 cm³/mol. The molecule has 4 nitrogen and oxygen atoms in total. The molecule has 2 heterocycles. The Hall–Kier alpha value is -3.14. The van der Waals surface area contributed by atoms with E-state index in [4.69, 9.17) is 0 Å². The Morgan fingerprint density at radius 1 is 0.652 bits per heavy atom. The number of rotatable bonds is 2. The Morgan fingerprint density at radius 3 is 1.61 bits per heavy atom. The van der Waals surface area contributed by atoms with Gasteiger partial charge in [-0.05, 0) is 12.1 Å². The Kier molecular flexibility index (Phi) is 3.08. The first-order valence-corrected chi connectivity index (χ1v) is 7.35. The van der Waals surface area contributed by atoms with Crippen LogP contribution in [0.5, 0.6) is 11.5 Å². The van der Waals surface area contributed by atoms with Crippen LogP contribution < -0.4 is 0 Å². The van der Waals surface area contributed by atoms with Gasteiger partial charge in [0.2, 0.25) is 0 Å². The van der Waals surface area contributed by atoms with Crippen LogP contribution in [0.4, 0.5) is 0 Å². The van der Waals surface area contributed by atoms with Crippen LogP contribution in [0.3, 0.4) is 0 Å². The Balaban J connectivity index is 1.82. The van der Waals surface area contributed by atoms with Crippen LogP contribution in [-0.4, -0.2) is 20.2 Å². The first kappa shape index (κ1) is 13.5. The molecule has 2 N–H and O–H groups in total. The van der Waals surface area contributed by atoms with E-state index < -0.39 is 0 Å². The van der Waals surface area contributed by atoms with Gasteiger partial charge in [0.25, 0.3) is 0 Å². The number of phenolic OH excluding ortho intramolecular Hbond substituents is 2. The Morgan fingerprint density at radius 2 is 1.13 bits per heavy atom. The summed E-state index contributed by atoms with van der Waals surface area (Å²) in [4.78, 5) is 8.46. The minimum Gasteiger partial charge on any atom is -0.505 e. The molecule has 0 aliphatic carbocycles. The quantitative estimate of drug-likeness (QED) is 0.591. The third kappa shape index (κ3) is 2.25. The zero-order valence-electron chi connectivity index (χ0n) is 12.3. The van der Waals surface area contributed by atoms with Crippen molar-refractivity contribution in [2.24, 2.45) is 0 Å². The van der Waals surface area contributed by atoms with Crippen LogP contribution >= 0.6 is 0 Å². The van der Waals surface area contributed by atoms with Gasteiger partial charge in [0, 0.05) is 40.7 Å². The summed E-state index contributed by atoms with van der Waals surface area (Å²) in [7, 11) is 0. The number of fused-ring (bicyclic) bond motifs is 2. The van der Waals surface area contributed by atoms with Gasteiger partial charge < -0.3 is 10.2 Å². The average Bonchev–Trinajstić information content (AvgIpc) is 2.60. The second-order valence-corrected chi connectivity index (χ2v) is 5.47. The molecule has 23 heavy (non-hydrogen) atoms. The maximum absolute atomic E-state index is 10.5. The third-order valence-electron chi connectivity index (χ3n) is 4.04. The number of phenols is 2. The summed E-state index contributed by atoms with van der Waals surface area (Å²) in [5, 5.41) is 22.7. The normalized spacial score (nSPS) is 11.1. The highest BCUT2D eigenvalue weighted by Crippen LogP contribution is 2.33. The van der Waals surface area contributed by atoms with E-state index in [1.165, 1.54) is 0 Å². The van der Waals surface area contributed by atoms with Gasteiger partial charge in [-0.2, -0.15) is 0 Å². The van der Waals surface area contributed by atoms with Crippen molar-refractivity contribution < 1.29 is 10.2 Å². The second kappa shape index (κ2) is 5.25. The smallest absolute Gasteiger partial charge is 0.145 e. The third-order valence-corrected chi connectivity index (χ3v) is 4.04. The lowest BCUT2D eigenvalue weighted by Gasteiger charge is -2.10. The Labute approximate surface area is 132 Å². The summed E-state index contributed by atoms with van der Waals surface area (Å²) < 4.78 is 0. The topological polar surface area (TPSA) is 66.2 Å². The molecule has 0 saturated carbocycles. The summed E-state index contributed by atoms with van der Waals surface area (Å²) in [6, 6.07) is 15.1. The molecule has 2 aromatic carbocycles. The number of benzene rings is 2. The molecule has 4 rings (SSSR count). The molecule has 0 atom stereocenters. The van der Waals surface area contributed by atoms with E-state index >= 15 is 0 Å². The average molecular weight is 302 g/mol. The van der Waals surface area contributed by atoms with Gasteiger partial charge in [-0.15, -0.1) is 0 Å². The second-order valence-electron chi connectivity index (χ2n) is 5.47. The fraction of sp³-hybridized carbons (Fsp3) is 0.0526. The number of aromatic hydroxyl groups is 2. The van der Waals surface area contributed by atoms with Crippen molar-refractivity contribution in [1.29, 1.82) is 0 Å². The lowest BCUT2D eigenvalue weighted by molar-refractivity contribution is 0.468. The minimum atomic E-state index is 0.156. The first-order valence-electron chi connectivity index (χ1n) is 7.35. The van der Waals surface area contributed by atoms with Crippen molar-refractivity contribution >= 4 is 21.8 Å².